The molecule has 0 saturated carbocycles. The first-order chi connectivity index (χ1) is 12.5. The molecule has 3 rings (SSSR count). The van der Waals surface area contributed by atoms with E-state index in [0.29, 0.717) is 11.0 Å². The fourth-order valence-electron chi connectivity index (χ4n) is 3.35. The van der Waals surface area contributed by atoms with Crippen LogP contribution in [0.1, 0.15) is 56.7 Å². The Bertz CT molecular complexity index is 716. The van der Waals surface area contributed by atoms with Crippen molar-refractivity contribution in [3.63, 3.8) is 0 Å². The van der Waals surface area contributed by atoms with E-state index in [9.17, 15) is 0 Å². The number of nitrogens with zero attached hydrogens (tertiary/aromatic N) is 1. The van der Waals surface area contributed by atoms with Gasteiger partial charge >= 0.3 is 0 Å². The number of thiocarbonyl (C=S) groups is 1. The molecule has 1 saturated heterocycles. The smallest absolute Gasteiger partial charge is 0.171 e. The topological polar surface area (TPSA) is 27.3 Å². The Morgan fingerprint density at radius 1 is 0.885 bits per heavy atom. The van der Waals surface area contributed by atoms with Gasteiger partial charge in [0.2, 0.25) is 0 Å². The lowest BCUT2D eigenvalue weighted by molar-refractivity contribution is 0.722. The largest absolute Gasteiger partial charge is 0.372 e. The summed E-state index contributed by atoms with van der Waals surface area (Å²) in [5.74, 6) is 0.540. The van der Waals surface area contributed by atoms with E-state index in [4.69, 9.17) is 12.2 Å². The maximum atomic E-state index is 5.48. The van der Waals surface area contributed by atoms with Crippen molar-refractivity contribution in [2.45, 2.75) is 45.6 Å². The van der Waals surface area contributed by atoms with Gasteiger partial charge in [-0.05, 0) is 73.3 Å². The molecular formula is C22H29N3S. The quantitative estimate of drug-likeness (QED) is 0.687. The van der Waals surface area contributed by atoms with Gasteiger partial charge in [0.25, 0.3) is 0 Å². The van der Waals surface area contributed by atoms with Crippen molar-refractivity contribution < 1.29 is 0 Å². The monoisotopic (exact) mass is 367 g/mol. The van der Waals surface area contributed by atoms with E-state index in [-0.39, 0.29) is 6.04 Å². The number of nitrogens with one attached hydrogen (secondary N) is 2. The van der Waals surface area contributed by atoms with Crippen LogP contribution in [0, 0.1) is 0 Å². The first kappa shape index (κ1) is 18.7. The zero-order chi connectivity index (χ0) is 18.5. The standard InChI is InChI=1S/C22H29N3S/c1-16(2)18-6-10-20(11-7-18)24-22(26)23-17(3)19-8-12-21(13-9-19)25-14-4-5-15-25/h6-13,16-17H,4-5,14-15H2,1-3H3,(H2,23,24,26)/t17-/m1/s1. The Morgan fingerprint density at radius 2 is 1.46 bits per heavy atom. The van der Waals surface area contributed by atoms with Crippen LogP contribution in [0.3, 0.4) is 0 Å². The molecule has 1 heterocycles. The summed E-state index contributed by atoms with van der Waals surface area (Å²) in [6.07, 6.45) is 2.61. The Kier molecular flexibility index (Phi) is 6.15. The Labute approximate surface area is 162 Å². The van der Waals surface area contributed by atoms with Crippen LogP contribution in [0.5, 0.6) is 0 Å². The van der Waals surface area contributed by atoms with Gasteiger partial charge in [-0.25, -0.2) is 0 Å². The van der Waals surface area contributed by atoms with Gasteiger partial charge in [-0.15, -0.1) is 0 Å². The molecule has 0 spiro atoms. The molecule has 3 nitrogen and oxygen atoms in total. The third-order valence-electron chi connectivity index (χ3n) is 5.05. The van der Waals surface area contributed by atoms with Crippen LogP contribution >= 0.6 is 12.2 Å². The third kappa shape index (κ3) is 4.76. The SMILES string of the molecule is CC(C)c1ccc(NC(=S)N[C@H](C)c2ccc(N3CCCC3)cc2)cc1. The van der Waals surface area contributed by atoms with Crippen LogP contribution in [0.2, 0.25) is 0 Å². The van der Waals surface area contributed by atoms with Crippen molar-refractivity contribution in [3.8, 4) is 0 Å². The number of hydrogen-bond donors (Lipinski definition) is 2. The fraction of sp³-hybridized carbons (Fsp3) is 0.409. The Balaban J connectivity index is 1.54. The maximum absolute atomic E-state index is 5.48. The molecule has 1 fully saturated rings. The summed E-state index contributed by atoms with van der Waals surface area (Å²) in [6, 6.07) is 17.5. The van der Waals surface area contributed by atoms with Crippen LogP contribution in [-0.4, -0.2) is 18.2 Å². The van der Waals surface area contributed by atoms with E-state index in [1.165, 1.54) is 42.7 Å². The molecule has 1 aliphatic rings. The van der Waals surface area contributed by atoms with Crippen molar-refractivity contribution in [3.05, 3.63) is 59.7 Å². The van der Waals surface area contributed by atoms with Crippen LogP contribution in [0.25, 0.3) is 0 Å². The molecule has 2 aromatic rings. The molecule has 1 atom stereocenters. The summed E-state index contributed by atoms with van der Waals surface area (Å²) >= 11 is 5.48. The van der Waals surface area contributed by atoms with E-state index in [1.54, 1.807) is 0 Å². The van der Waals surface area contributed by atoms with E-state index >= 15 is 0 Å². The van der Waals surface area contributed by atoms with Gasteiger partial charge in [-0.2, -0.15) is 0 Å². The second-order valence-electron chi connectivity index (χ2n) is 7.38. The zero-order valence-electron chi connectivity index (χ0n) is 16.0. The molecule has 0 bridgehead atoms. The van der Waals surface area contributed by atoms with Gasteiger partial charge in [-0.1, -0.05) is 38.1 Å². The van der Waals surface area contributed by atoms with Crippen molar-refractivity contribution in [2.75, 3.05) is 23.3 Å². The molecule has 0 amide bonds. The number of anilines is 2. The van der Waals surface area contributed by atoms with Crippen LogP contribution in [-0.2, 0) is 0 Å². The molecule has 0 aromatic heterocycles. The minimum Gasteiger partial charge on any atom is -0.372 e. The maximum Gasteiger partial charge on any atom is 0.171 e. The van der Waals surface area contributed by atoms with Gasteiger partial charge in [-0.3, -0.25) is 0 Å². The van der Waals surface area contributed by atoms with Crippen LogP contribution < -0.4 is 15.5 Å². The first-order valence-electron chi connectivity index (χ1n) is 9.55. The number of benzene rings is 2. The summed E-state index contributed by atoms with van der Waals surface area (Å²) in [6.45, 7) is 8.89. The molecule has 138 valence electrons. The van der Waals surface area contributed by atoms with Crippen LogP contribution in [0.4, 0.5) is 11.4 Å². The van der Waals surface area contributed by atoms with Crippen molar-refractivity contribution >= 4 is 28.7 Å². The lowest BCUT2D eigenvalue weighted by Gasteiger charge is -2.20. The average Bonchev–Trinajstić information content (AvgIpc) is 3.17. The average molecular weight is 368 g/mol. The minimum absolute atomic E-state index is 0.164. The summed E-state index contributed by atoms with van der Waals surface area (Å²) in [5, 5.41) is 7.31. The highest BCUT2D eigenvalue weighted by Gasteiger charge is 2.13. The van der Waals surface area contributed by atoms with Crippen LogP contribution in [0.15, 0.2) is 48.5 Å². The van der Waals surface area contributed by atoms with Gasteiger partial charge in [0.05, 0.1) is 6.04 Å². The van der Waals surface area contributed by atoms with Crippen molar-refractivity contribution in [2.24, 2.45) is 0 Å². The van der Waals surface area contributed by atoms with E-state index in [2.05, 4.69) is 84.8 Å². The summed E-state index contributed by atoms with van der Waals surface area (Å²) in [5.41, 5.74) is 4.92. The summed E-state index contributed by atoms with van der Waals surface area (Å²) in [7, 11) is 0. The molecule has 0 aliphatic carbocycles. The summed E-state index contributed by atoms with van der Waals surface area (Å²) in [4.78, 5) is 2.45. The van der Waals surface area contributed by atoms with Crippen molar-refractivity contribution in [1.29, 1.82) is 0 Å². The first-order valence-corrected chi connectivity index (χ1v) is 9.96. The lowest BCUT2D eigenvalue weighted by atomic mass is 10.0. The van der Waals surface area contributed by atoms with Gasteiger partial charge in [0.15, 0.2) is 5.11 Å². The fourth-order valence-corrected chi connectivity index (χ4v) is 3.64. The minimum atomic E-state index is 0.164. The Hall–Kier alpha value is -2.07. The second-order valence-corrected chi connectivity index (χ2v) is 7.79. The predicted octanol–water partition coefficient (Wildman–Crippen LogP) is 5.46. The van der Waals surface area contributed by atoms with Crippen molar-refractivity contribution in [1.82, 2.24) is 5.32 Å². The molecular weight excluding hydrogens is 338 g/mol. The van der Waals surface area contributed by atoms with Gasteiger partial charge in [0, 0.05) is 24.5 Å². The van der Waals surface area contributed by atoms with E-state index < -0.39 is 0 Å². The normalized spacial score (nSPS) is 15.2. The molecule has 0 radical (unpaired) electrons. The molecule has 0 unspecified atom stereocenters. The molecule has 2 N–H and O–H groups in total. The zero-order valence-corrected chi connectivity index (χ0v) is 16.8. The number of hydrogen-bond acceptors (Lipinski definition) is 2. The molecule has 2 aromatic carbocycles. The highest BCUT2D eigenvalue weighted by atomic mass is 32.1. The van der Waals surface area contributed by atoms with E-state index in [0.717, 1.165) is 5.69 Å². The molecule has 4 heteroatoms. The molecule has 26 heavy (non-hydrogen) atoms. The lowest BCUT2D eigenvalue weighted by Crippen LogP contribution is -2.30. The van der Waals surface area contributed by atoms with E-state index in [1.807, 2.05) is 0 Å². The summed E-state index contributed by atoms with van der Waals surface area (Å²) < 4.78 is 0. The number of rotatable bonds is 5. The van der Waals surface area contributed by atoms with Gasteiger partial charge < -0.3 is 15.5 Å². The Morgan fingerprint density at radius 3 is 2.04 bits per heavy atom. The predicted molar refractivity (Wildman–Crippen MR) is 116 cm³/mol. The third-order valence-corrected chi connectivity index (χ3v) is 5.27. The van der Waals surface area contributed by atoms with Gasteiger partial charge in [0.1, 0.15) is 0 Å². The highest BCUT2D eigenvalue weighted by Crippen LogP contribution is 2.23. The highest BCUT2D eigenvalue weighted by molar-refractivity contribution is 7.80. The molecule has 1 aliphatic heterocycles. The second kappa shape index (κ2) is 8.54.